The number of halogens is 7. The summed E-state index contributed by atoms with van der Waals surface area (Å²) >= 11 is 0. The zero-order chi connectivity index (χ0) is 22.6. The highest BCUT2D eigenvalue weighted by Crippen LogP contribution is 2.43. The van der Waals surface area contributed by atoms with Crippen molar-refractivity contribution in [1.29, 1.82) is 0 Å². The molecule has 0 amide bonds. The van der Waals surface area contributed by atoms with Crippen molar-refractivity contribution >= 4 is 11.5 Å². The quantitative estimate of drug-likeness (QED) is 0.583. The van der Waals surface area contributed by atoms with Crippen molar-refractivity contribution in [2.75, 3.05) is 11.9 Å². The molecule has 0 atom stereocenters. The van der Waals surface area contributed by atoms with Gasteiger partial charge >= 0.3 is 12.4 Å². The van der Waals surface area contributed by atoms with E-state index in [4.69, 9.17) is 5.73 Å². The minimum atomic E-state index is -4.87. The van der Waals surface area contributed by atoms with E-state index in [1.165, 1.54) is 12.1 Å². The Hall–Kier alpha value is -2.89. The van der Waals surface area contributed by atoms with Gasteiger partial charge in [-0.15, -0.1) is 0 Å². The molecule has 4 rings (SSSR count). The average molecular weight is 447 g/mol. The average Bonchev–Trinajstić information content (AvgIpc) is 3.09. The summed E-state index contributed by atoms with van der Waals surface area (Å²) in [5.74, 6) is -0.743. The van der Waals surface area contributed by atoms with E-state index in [1.807, 2.05) is 0 Å². The third kappa shape index (κ3) is 4.03. The maximum absolute atomic E-state index is 13.3. The van der Waals surface area contributed by atoms with Gasteiger partial charge in [-0.1, -0.05) is 12.1 Å². The highest BCUT2D eigenvalue weighted by molar-refractivity contribution is 5.52. The molecule has 0 bridgehead atoms. The van der Waals surface area contributed by atoms with E-state index >= 15 is 0 Å². The Morgan fingerprint density at radius 2 is 1.61 bits per heavy atom. The molecule has 0 spiro atoms. The monoisotopic (exact) mass is 447 g/mol. The maximum atomic E-state index is 13.3. The van der Waals surface area contributed by atoms with Crippen LogP contribution in [0.4, 0.5) is 36.6 Å². The first kappa shape index (κ1) is 21.3. The molecule has 1 aromatic carbocycles. The van der Waals surface area contributed by atoms with Gasteiger partial charge in [-0.25, -0.2) is 9.37 Å². The lowest BCUT2D eigenvalue weighted by Gasteiger charge is -2.47. The third-order valence-electron chi connectivity index (χ3n) is 5.38. The predicted molar refractivity (Wildman–Crippen MR) is 96.8 cm³/mol. The molecule has 2 heterocycles. The number of aromatic nitrogens is 3. The Kier molecular flexibility index (Phi) is 4.87. The van der Waals surface area contributed by atoms with E-state index in [0.717, 1.165) is 5.56 Å². The number of nitrogens with one attached hydrogen (secondary N) is 1. The van der Waals surface area contributed by atoms with E-state index < -0.39 is 40.6 Å². The van der Waals surface area contributed by atoms with Gasteiger partial charge in [-0.3, -0.25) is 0 Å². The second-order valence-corrected chi connectivity index (χ2v) is 7.63. The van der Waals surface area contributed by atoms with Crippen LogP contribution in [-0.2, 0) is 17.8 Å². The minimum absolute atomic E-state index is 0.0595. The van der Waals surface area contributed by atoms with Gasteiger partial charge in [0.15, 0.2) is 17.0 Å². The van der Waals surface area contributed by atoms with E-state index in [2.05, 4.69) is 15.4 Å². The molecule has 1 saturated carbocycles. The standard InChI is InChI=1S/C19H16F7N5/c20-11-3-1-10(2-4-11)17(7-12(27)8-17)9-28-15-5-13(18(21,22)23)29-16-6-14(19(24,25)26)30-31(15)16/h1-6,12,28H,7-9,27H2. The molecule has 0 unspecified atom stereocenters. The Balaban J connectivity index is 1.72. The van der Waals surface area contributed by atoms with E-state index in [9.17, 15) is 30.7 Å². The summed E-state index contributed by atoms with van der Waals surface area (Å²) in [6.45, 7) is 0.0595. The second kappa shape index (κ2) is 7.08. The molecule has 31 heavy (non-hydrogen) atoms. The SMILES string of the molecule is NC1CC(CNc2cc(C(F)(F)F)nc3cc(C(F)(F)F)nn23)(c2ccc(F)cc2)C1. The van der Waals surface area contributed by atoms with Crippen LogP contribution >= 0.6 is 0 Å². The van der Waals surface area contributed by atoms with Crippen LogP contribution in [0, 0.1) is 5.82 Å². The summed E-state index contributed by atoms with van der Waals surface area (Å²) < 4.78 is 92.8. The van der Waals surface area contributed by atoms with Crippen LogP contribution in [0.25, 0.3) is 5.65 Å². The molecule has 1 fully saturated rings. The molecule has 2 aromatic heterocycles. The van der Waals surface area contributed by atoms with Crippen molar-refractivity contribution < 1.29 is 30.7 Å². The predicted octanol–water partition coefficient (Wildman–Crippen LogP) is 4.38. The Morgan fingerprint density at radius 3 is 2.16 bits per heavy atom. The maximum Gasteiger partial charge on any atom is 0.435 e. The lowest BCUT2D eigenvalue weighted by molar-refractivity contribution is -0.142. The molecule has 166 valence electrons. The number of benzene rings is 1. The van der Waals surface area contributed by atoms with Gasteiger partial charge in [0, 0.05) is 30.1 Å². The van der Waals surface area contributed by atoms with Crippen molar-refractivity contribution in [3.63, 3.8) is 0 Å². The van der Waals surface area contributed by atoms with Gasteiger partial charge in [0.05, 0.1) is 0 Å². The summed E-state index contributed by atoms with van der Waals surface area (Å²) in [7, 11) is 0. The molecule has 3 aromatic rings. The molecule has 1 aliphatic rings. The van der Waals surface area contributed by atoms with Crippen molar-refractivity contribution in [2.24, 2.45) is 5.73 Å². The van der Waals surface area contributed by atoms with Crippen molar-refractivity contribution in [3.8, 4) is 0 Å². The lowest BCUT2D eigenvalue weighted by Crippen LogP contribution is -2.53. The fourth-order valence-corrected chi connectivity index (χ4v) is 3.87. The first-order valence-corrected chi connectivity index (χ1v) is 9.18. The topological polar surface area (TPSA) is 68.2 Å². The van der Waals surface area contributed by atoms with Crippen LogP contribution in [-0.4, -0.2) is 27.2 Å². The molecular weight excluding hydrogens is 431 g/mol. The first-order valence-electron chi connectivity index (χ1n) is 9.18. The normalized spacial score (nSPS) is 21.9. The Labute approximate surface area is 171 Å². The van der Waals surface area contributed by atoms with Crippen LogP contribution in [0.15, 0.2) is 36.4 Å². The van der Waals surface area contributed by atoms with E-state index in [-0.39, 0.29) is 18.4 Å². The smallest absolute Gasteiger partial charge is 0.369 e. The van der Waals surface area contributed by atoms with Crippen LogP contribution in [0.5, 0.6) is 0 Å². The number of fused-ring (bicyclic) bond motifs is 1. The van der Waals surface area contributed by atoms with E-state index in [0.29, 0.717) is 29.5 Å². The number of anilines is 1. The molecule has 0 saturated heterocycles. The van der Waals surface area contributed by atoms with E-state index in [1.54, 1.807) is 12.1 Å². The van der Waals surface area contributed by atoms with Gasteiger partial charge in [0.25, 0.3) is 0 Å². The third-order valence-corrected chi connectivity index (χ3v) is 5.38. The van der Waals surface area contributed by atoms with Crippen molar-refractivity contribution in [1.82, 2.24) is 14.6 Å². The molecule has 3 N–H and O–H groups in total. The molecule has 1 aliphatic carbocycles. The Morgan fingerprint density at radius 1 is 1.00 bits per heavy atom. The Bertz CT molecular complexity index is 1100. The summed E-state index contributed by atoms with van der Waals surface area (Å²) in [6, 6.07) is 6.54. The summed E-state index contributed by atoms with van der Waals surface area (Å²) in [4.78, 5) is 3.27. The van der Waals surface area contributed by atoms with Crippen molar-refractivity contribution in [2.45, 2.75) is 36.7 Å². The molecule has 5 nitrogen and oxygen atoms in total. The number of alkyl halides is 6. The fraction of sp³-hybridized carbons (Fsp3) is 0.368. The highest BCUT2D eigenvalue weighted by atomic mass is 19.4. The fourth-order valence-electron chi connectivity index (χ4n) is 3.87. The number of hydrogen-bond donors (Lipinski definition) is 2. The van der Waals surface area contributed by atoms with Crippen LogP contribution in [0.2, 0.25) is 0 Å². The van der Waals surface area contributed by atoms with Crippen LogP contribution in [0.1, 0.15) is 29.8 Å². The first-order chi connectivity index (χ1) is 14.4. The number of hydrogen-bond acceptors (Lipinski definition) is 4. The summed E-state index contributed by atoms with van der Waals surface area (Å²) in [5.41, 5.74) is 2.72. The van der Waals surface area contributed by atoms with Gasteiger partial charge in [-0.2, -0.15) is 36.0 Å². The largest absolute Gasteiger partial charge is 0.435 e. The number of nitrogens with two attached hydrogens (primary N) is 1. The minimum Gasteiger partial charge on any atom is -0.369 e. The summed E-state index contributed by atoms with van der Waals surface area (Å²) in [5, 5.41) is 6.16. The molecule has 0 radical (unpaired) electrons. The number of nitrogens with zero attached hydrogens (tertiary/aromatic N) is 3. The molecule has 0 aliphatic heterocycles. The molecule has 12 heteroatoms. The second-order valence-electron chi connectivity index (χ2n) is 7.63. The molecular formula is C19H16F7N5. The van der Waals surface area contributed by atoms with Gasteiger partial charge in [0.2, 0.25) is 0 Å². The highest BCUT2D eigenvalue weighted by Gasteiger charge is 2.44. The number of rotatable bonds is 4. The lowest BCUT2D eigenvalue weighted by atomic mass is 9.62. The zero-order valence-electron chi connectivity index (χ0n) is 15.7. The van der Waals surface area contributed by atoms with Crippen LogP contribution < -0.4 is 11.1 Å². The summed E-state index contributed by atoms with van der Waals surface area (Å²) in [6.07, 6.45) is -8.77. The van der Waals surface area contributed by atoms with Crippen LogP contribution in [0.3, 0.4) is 0 Å². The zero-order valence-corrected chi connectivity index (χ0v) is 15.7. The van der Waals surface area contributed by atoms with Crippen molar-refractivity contribution in [3.05, 3.63) is 59.2 Å². The van der Waals surface area contributed by atoms with Gasteiger partial charge in [0.1, 0.15) is 11.6 Å². The van der Waals surface area contributed by atoms with Gasteiger partial charge in [-0.05, 0) is 30.5 Å². The van der Waals surface area contributed by atoms with Gasteiger partial charge < -0.3 is 11.1 Å².